The summed E-state index contributed by atoms with van der Waals surface area (Å²) in [7, 11) is 0. The molecule has 2 N–H and O–H groups in total. The van der Waals surface area contributed by atoms with E-state index in [0.717, 1.165) is 0 Å². The van der Waals surface area contributed by atoms with Crippen LogP contribution in [0.3, 0.4) is 0 Å². The molecule has 1 fully saturated rings. The summed E-state index contributed by atoms with van der Waals surface area (Å²) >= 11 is 0. The van der Waals surface area contributed by atoms with Crippen LogP contribution < -0.4 is 5.32 Å². The fourth-order valence-corrected chi connectivity index (χ4v) is 1.52. The summed E-state index contributed by atoms with van der Waals surface area (Å²) < 4.78 is 0. The molecule has 4 nitrogen and oxygen atoms in total. The molecule has 12 heavy (non-hydrogen) atoms. The Balaban J connectivity index is 2.35. The topological polar surface area (TPSA) is 71.6 Å². The Hall–Kier alpha value is -0.610. The van der Waals surface area contributed by atoms with Crippen LogP contribution in [0.15, 0.2) is 0 Å². The van der Waals surface area contributed by atoms with Gasteiger partial charge in [-0.1, -0.05) is 0 Å². The number of hydrogen-bond acceptors (Lipinski definition) is 2. The lowest BCUT2D eigenvalue weighted by Crippen LogP contribution is -2.36. The highest BCUT2D eigenvalue weighted by Gasteiger charge is 2.26. The average molecular weight is 172 g/mol. The standard InChI is InChI=1S/C8H14NO3/c10-4-2-7-5-6(8(11)12)1-3-9-7/h6-7,10H,1-5H2,(H,11,12). The first-order valence-corrected chi connectivity index (χ1v) is 4.24. The number of rotatable bonds is 3. The zero-order valence-electron chi connectivity index (χ0n) is 6.94. The molecule has 0 bridgehead atoms. The van der Waals surface area contributed by atoms with E-state index in [9.17, 15) is 4.79 Å². The minimum atomic E-state index is -0.729. The Labute approximate surface area is 71.6 Å². The van der Waals surface area contributed by atoms with Gasteiger partial charge in [-0.05, 0) is 19.3 Å². The van der Waals surface area contributed by atoms with E-state index in [1.54, 1.807) is 0 Å². The number of piperidine rings is 1. The molecule has 0 saturated carbocycles. The molecule has 0 aromatic carbocycles. The van der Waals surface area contributed by atoms with Crippen molar-refractivity contribution in [1.29, 1.82) is 0 Å². The molecule has 69 valence electrons. The van der Waals surface area contributed by atoms with Crippen molar-refractivity contribution in [3.05, 3.63) is 0 Å². The van der Waals surface area contributed by atoms with Crippen molar-refractivity contribution in [3.8, 4) is 0 Å². The average Bonchev–Trinajstić information content (AvgIpc) is 2.05. The minimum Gasteiger partial charge on any atom is -0.481 e. The lowest BCUT2D eigenvalue weighted by atomic mass is 9.91. The third-order valence-electron chi connectivity index (χ3n) is 2.23. The number of carbonyl (C=O) groups is 1. The summed E-state index contributed by atoms with van der Waals surface area (Å²) in [4.78, 5) is 10.6. The van der Waals surface area contributed by atoms with E-state index in [4.69, 9.17) is 10.2 Å². The van der Waals surface area contributed by atoms with Crippen LogP contribution in [0, 0.1) is 5.92 Å². The molecule has 0 amide bonds. The molecule has 0 aliphatic carbocycles. The number of aliphatic hydroxyl groups is 1. The second-order valence-electron chi connectivity index (χ2n) is 3.13. The number of hydrogen-bond donors (Lipinski definition) is 2. The van der Waals surface area contributed by atoms with Crippen molar-refractivity contribution >= 4 is 5.97 Å². The first kappa shape index (κ1) is 9.48. The number of nitrogens with zero attached hydrogens (tertiary/aromatic N) is 1. The summed E-state index contributed by atoms with van der Waals surface area (Å²) in [5, 5.41) is 21.6. The van der Waals surface area contributed by atoms with E-state index >= 15 is 0 Å². The molecule has 1 heterocycles. The van der Waals surface area contributed by atoms with Gasteiger partial charge in [0, 0.05) is 19.2 Å². The highest BCUT2D eigenvalue weighted by molar-refractivity contribution is 5.70. The quantitative estimate of drug-likeness (QED) is 0.621. The van der Waals surface area contributed by atoms with Crippen molar-refractivity contribution in [2.45, 2.75) is 25.3 Å². The van der Waals surface area contributed by atoms with Crippen LogP contribution >= 0.6 is 0 Å². The van der Waals surface area contributed by atoms with Gasteiger partial charge in [-0.3, -0.25) is 4.79 Å². The van der Waals surface area contributed by atoms with Gasteiger partial charge in [-0.2, -0.15) is 0 Å². The molecule has 1 aliphatic heterocycles. The van der Waals surface area contributed by atoms with Crippen LogP contribution in [0.5, 0.6) is 0 Å². The largest absolute Gasteiger partial charge is 0.481 e. The van der Waals surface area contributed by atoms with Crippen LogP contribution in [-0.2, 0) is 4.79 Å². The molecule has 1 aliphatic rings. The number of carboxylic acids is 1. The van der Waals surface area contributed by atoms with Crippen LogP contribution in [0.2, 0.25) is 0 Å². The Kier molecular flexibility index (Phi) is 3.49. The Morgan fingerprint density at radius 3 is 2.92 bits per heavy atom. The third kappa shape index (κ3) is 2.46. The van der Waals surface area contributed by atoms with Crippen LogP contribution in [0.4, 0.5) is 0 Å². The molecule has 1 saturated heterocycles. The third-order valence-corrected chi connectivity index (χ3v) is 2.23. The number of aliphatic hydroxyl groups excluding tert-OH is 1. The maximum atomic E-state index is 10.6. The van der Waals surface area contributed by atoms with E-state index in [2.05, 4.69) is 5.32 Å². The number of carboxylic acid groups (broad SMARTS) is 1. The van der Waals surface area contributed by atoms with E-state index < -0.39 is 5.97 Å². The Morgan fingerprint density at radius 2 is 2.33 bits per heavy atom. The molecule has 0 spiro atoms. The summed E-state index contributed by atoms with van der Waals surface area (Å²) in [6, 6.07) is 0.0600. The van der Waals surface area contributed by atoms with E-state index in [1.165, 1.54) is 0 Å². The lowest BCUT2D eigenvalue weighted by Gasteiger charge is -2.25. The van der Waals surface area contributed by atoms with Crippen molar-refractivity contribution in [2.24, 2.45) is 5.92 Å². The van der Waals surface area contributed by atoms with Crippen molar-refractivity contribution in [1.82, 2.24) is 5.32 Å². The van der Waals surface area contributed by atoms with Crippen LogP contribution in [-0.4, -0.2) is 35.4 Å². The van der Waals surface area contributed by atoms with Crippen molar-refractivity contribution in [3.63, 3.8) is 0 Å². The van der Waals surface area contributed by atoms with E-state index in [1.807, 2.05) is 0 Å². The van der Waals surface area contributed by atoms with Crippen molar-refractivity contribution in [2.75, 3.05) is 13.2 Å². The summed E-state index contributed by atoms with van der Waals surface area (Å²) in [5.74, 6) is -0.980. The predicted octanol–water partition coefficient (Wildman–Crippen LogP) is -0.164. The summed E-state index contributed by atoms with van der Waals surface area (Å²) in [6.45, 7) is 0.724. The Morgan fingerprint density at radius 1 is 1.58 bits per heavy atom. The molecule has 2 unspecified atom stereocenters. The lowest BCUT2D eigenvalue weighted by molar-refractivity contribution is -0.143. The zero-order chi connectivity index (χ0) is 8.97. The van der Waals surface area contributed by atoms with Gasteiger partial charge < -0.3 is 10.2 Å². The highest BCUT2D eigenvalue weighted by atomic mass is 16.4. The molecular weight excluding hydrogens is 158 g/mol. The molecule has 1 rings (SSSR count). The maximum Gasteiger partial charge on any atom is 0.306 e. The van der Waals surface area contributed by atoms with Gasteiger partial charge in [0.25, 0.3) is 0 Å². The van der Waals surface area contributed by atoms with Gasteiger partial charge in [0.15, 0.2) is 0 Å². The van der Waals surface area contributed by atoms with Crippen LogP contribution in [0.1, 0.15) is 19.3 Å². The second-order valence-corrected chi connectivity index (χ2v) is 3.13. The molecule has 4 heteroatoms. The summed E-state index contributed by atoms with van der Waals surface area (Å²) in [6.07, 6.45) is 1.84. The summed E-state index contributed by atoms with van der Waals surface area (Å²) in [5.41, 5.74) is 0. The van der Waals surface area contributed by atoms with Gasteiger partial charge in [-0.25, -0.2) is 5.32 Å². The fraction of sp³-hybridized carbons (Fsp3) is 0.875. The van der Waals surface area contributed by atoms with E-state index in [0.29, 0.717) is 25.8 Å². The van der Waals surface area contributed by atoms with Gasteiger partial charge in [-0.15, -0.1) is 0 Å². The molecule has 0 aromatic heterocycles. The first-order chi connectivity index (χ1) is 5.74. The van der Waals surface area contributed by atoms with E-state index in [-0.39, 0.29) is 18.6 Å². The highest BCUT2D eigenvalue weighted by Crippen LogP contribution is 2.18. The van der Waals surface area contributed by atoms with Gasteiger partial charge >= 0.3 is 5.97 Å². The fourth-order valence-electron chi connectivity index (χ4n) is 1.52. The zero-order valence-corrected chi connectivity index (χ0v) is 6.94. The van der Waals surface area contributed by atoms with Gasteiger partial charge in [0.2, 0.25) is 0 Å². The first-order valence-electron chi connectivity index (χ1n) is 4.24. The minimum absolute atomic E-state index is 0.0600. The second kappa shape index (κ2) is 4.42. The molecular formula is C8H14NO3. The van der Waals surface area contributed by atoms with Crippen molar-refractivity contribution < 1.29 is 15.0 Å². The van der Waals surface area contributed by atoms with Crippen LogP contribution in [0.25, 0.3) is 0 Å². The maximum absolute atomic E-state index is 10.6. The number of aliphatic carboxylic acids is 1. The smallest absolute Gasteiger partial charge is 0.306 e. The normalized spacial score (nSPS) is 30.1. The Bertz CT molecular complexity index is 158. The van der Waals surface area contributed by atoms with Gasteiger partial charge in [0.1, 0.15) is 0 Å². The molecule has 1 radical (unpaired) electrons. The predicted molar refractivity (Wildman–Crippen MR) is 42.9 cm³/mol. The molecule has 2 atom stereocenters. The monoisotopic (exact) mass is 172 g/mol. The SMILES string of the molecule is O=C(O)C1CC[N]C(CCO)C1. The molecule has 0 aromatic rings. The van der Waals surface area contributed by atoms with Gasteiger partial charge in [0.05, 0.1) is 5.92 Å².